The molecule has 3 atom stereocenters. The number of nitrogens with one attached hydrogen (secondary N) is 2. The summed E-state index contributed by atoms with van der Waals surface area (Å²) in [6.45, 7) is 3.66. The first kappa shape index (κ1) is 17.1. The molecule has 0 aliphatic carbocycles. The zero-order valence-corrected chi connectivity index (χ0v) is 15.4. The smallest absolute Gasteiger partial charge is 0.315 e. The van der Waals surface area contributed by atoms with Crippen LogP contribution in [0, 0.1) is 0 Å². The maximum atomic E-state index is 12.8. The van der Waals surface area contributed by atoms with Gasteiger partial charge in [-0.25, -0.2) is 4.79 Å². The first-order valence-electron chi connectivity index (χ1n) is 8.95. The molecular formula is C21H22ClN3O. The van der Waals surface area contributed by atoms with E-state index in [2.05, 4.69) is 41.0 Å². The average molecular weight is 368 g/mol. The van der Waals surface area contributed by atoms with Gasteiger partial charge in [0.15, 0.2) is 0 Å². The molecule has 2 N–H and O–H groups in total. The molecule has 2 aromatic rings. The predicted molar refractivity (Wildman–Crippen MR) is 107 cm³/mol. The summed E-state index contributed by atoms with van der Waals surface area (Å²) in [5, 5.41) is 7.01. The fraction of sp³-hybridized carbons (Fsp3) is 0.286. The molecule has 2 fully saturated rings. The highest BCUT2D eigenvalue weighted by molar-refractivity contribution is 6.30. The molecule has 2 saturated heterocycles. The van der Waals surface area contributed by atoms with Gasteiger partial charge in [-0.15, -0.1) is 0 Å². The van der Waals surface area contributed by atoms with Crippen LogP contribution in [-0.2, 0) is 0 Å². The molecule has 2 amide bonds. The fourth-order valence-corrected chi connectivity index (χ4v) is 4.29. The molecule has 4 rings (SSSR count). The molecule has 0 radical (unpaired) electrons. The van der Waals surface area contributed by atoms with Crippen LogP contribution in [0.1, 0.15) is 24.0 Å². The van der Waals surface area contributed by atoms with Crippen molar-refractivity contribution in [2.75, 3.05) is 18.4 Å². The lowest BCUT2D eigenvalue weighted by Crippen LogP contribution is -2.74. The molecule has 26 heavy (non-hydrogen) atoms. The van der Waals surface area contributed by atoms with Crippen LogP contribution < -0.4 is 10.6 Å². The Morgan fingerprint density at radius 3 is 2.58 bits per heavy atom. The Kier molecular flexibility index (Phi) is 4.70. The summed E-state index contributed by atoms with van der Waals surface area (Å²) in [5.41, 5.74) is 3.24. The summed E-state index contributed by atoms with van der Waals surface area (Å²) in [6.07, 6.45) is 4.14. The van der Waals surface area contributed by atoms with E-state index in [0.717, 1.165) is 18.8 Å². The summed E-state index contributed by atoms with van der Waals surface area (Å²) in [7, 11) is 0. The minimum Gasteiger partial charge on any atom is -0.315 e. The van der Waals surface area contributed by atoms with E-state index in [4.69, 9.17) is 11.6 Å². The number of piperazine rings is 1. The Morgan fingerprint density at radius 2 is 1.92 bits per heavy atom. The van der Waals surface area contributed by atoms with Gasteiger partial charge in [0.2, 0.25) is 0 Å². The van der Waals surface area contributed by atoms with E-state index in [0.29, 0.717) is 10.9 Å². The zero-order chi connectivity index (χ0) is 18.1. The summed E-state index contributed by atoms with van der Waals surface area (Å²) < 4.78 is 0. The number of nitrogens with zero attached hydrogens (tertiary/aromatic N) is 1. The van der Waals surface area contributed by atoms with E-state index in [1.807, 2.05) is 30.0 Å². The number of benzene rings is 2. The van der Waals surface area contributed by atoms with E-state index in [9.17, 15) is 4.79 Å². The Bertz CT molecular complexity index is 821. The van der Waals surface area contributed by atoms with Crippen molar-refractivity contribution in [1.82, 2.24) is 10.2 Å². The van der Waals surface area contributed by atoms with Gasteiger partial charge in [-0.05, 0) is 36.2 Å². The number of hydrogen-bond acceptors (Lipinski definition) is 2. The number of fused-ring (bicyclic) bond motifs is 2. The second kappa shape index (κ2) is 7.14. The van der Waals surface area contributed by atoms with Crippen LogP contribution in [0.25, 0.3) is 6.08 Å². The molecule has 4 nitrogen and oxygen atoms in total. The van der Waals surface area contributed by atoms with Crippen LogP contribution in [0.2, 0.25) is 5.02 Å². The standard InChI is InChI=1S/C21H22ClN3O/c1-2-4-14-7-9-15(10-8-14)20-18-12-23-13-19(20)25(18)21(26)24-17-6-3-5-16(22)11-17/h2-11,18-20,23H,12-13H2,1H3,(H,24,26)/b4-2+/t18-,19+,20?. The third kappa shape index (κ3) is 3.11. The molecule has 0 spiro atoms. The zero-order valence-electron chi connectivity index (χ0n) is 14.7. The van der Waals surface area contributed by atoms with Gasteiger partial charge in [0.1, 0.15) is 0 Å². The molecule has 2 aromatic carbocycles. The highest BCUT2D eigenvalue weighted by Gasteiger charge is 2.53. The third-order valence-electron chi connectivity index (χ3n) is 5.24. The topological polar surface area (TPSA) is 44.4 Å². The Hall–Kier alpha value is -2.30. The quantitative estimate of drug-likeness (QED) is 0.847. The van der Waals surface area contributed by atoms with E-state index in [1.54, 1.807) is 12.1 Å². The minimum atomic E-state index is -0.0504. The van der Waals surface area contributed by atoms with Crippen molar-refractivity contribution in [3.63, 3.8) is 0 Å². The fourth-order valence-electron chi connectivity index (χ4n) is 4.10. The third-order valence-corrected chi connectivity index (χ3v) is 5.48. The molecule has 2 bridgehead atoms. The van der Waals surface area contributed by atoms with Gasteiger partial charge in [-0.1, -0.05) is 54.1 Å². The Labute approximate surface area is 158 Å². The number of allylic oxidation sites excluding steroid dienone is 1. The van der Waals surface area contributed by atoms with Crippen molar-refractivity contribution in [3.8, 4) is 0 Å². The number of urea groups is 1. The number of amides is 2. The number of hydrogen-bond donors (Lipinski definition) is 2. The van der Waals surface area contributed by atoms with Crippen LogP contribution in [0.15, 0.2) is 54.6 Å². The van der Waals surface area contributed by atoms with Gasteiger partial charge in [-0.3, -0.25) is 0 Å². The molecule has 2 aliphatic rings. The van der Waals surface area contributed by atoms with E-state index < -0.39 is 0 Å². The minimum absolute atomic E-state index is 0.0504. The van der Waals surface area contributed by atoms with Crippen molar-refractivity contribution in [2.45, 2.75) is 24.9 Å². The van der Waals surface area contributed by atoms with Gasteiger partial charge < -0.3 is 15.5 Å². The summed E-state index contributed by atoms with van der Waals surface area (Å²) >= 11 is 6.01. The number of rotatable bonds is 3. The van der Waals surface area contributed by atoms with Gasteiger partial charge in [-0.2, -0.15) is 0 Å². The van der Waals surface area contributed by atoms with Crippen molar-refractivity contribution >= 4 is 29.4 Å². The number of carbonyl (C=O) groups excluding carboxylic acids is 1. The van der Waals surface area contributed by atoms with Crippen molar-refractivity contribution < 1.29 is 4.79 Å². The Morgan fingerprint density at radius 1 is 1.19 bits per heavy atom. The van der Waals surface area contributed by atoms with Gasteiger partial charge >= 0.3 is 6.03 Å². The molecular weight excluding hydrogens is 346 g/mol. The first-order valence-corrected chi connectivity index (χ1v) is 9.33. The number of carbonyl (C=O) groups is 1. The second-order valence-electron chi connectivity index (χ2n) is 6.83. The van der Waals surface area contributed by atoms with Crippen molar-refractivity contribution in [3.05, 3.63) is 70.8 Å². The largest absolute Gasteiger partial charge is 0.322 e. The number of piperidine rings is 1. The highest BCUT2D eigenvalue weighted by atomic mass is 35.5. The lowest BCUT2D eigenvalue weighted by molar-refractivity contribution is 0.00201. The summed E-state index contributed by atoms with van der Waals surface area (Å²) in [5.74, 6) is 0.390. The second-order valence-corrected chi connectivity index (χ2v) is 7.27. The molecule has 0 saturated carbocycles. The summed E-state index contributed by atoms with van der Waals surface area (Å²) in [6, 6.07) is 16.2. The first-order chi connectivity index (χ1) is 12.7. The summed E-state index contributed by atoms with van der Waals surface area (Å²) in [4.78, 5) is 14.7. The molecule has 2 heterocycles. The van der Waals surface area contributed by atoms with Crippen LogP contribution in [-0.4, -0.2) is 36.1 Å². The monoisotopic (exact) mass is 367 g/mol. The predicted octanol–water partition coefficient (Wildman–Crippen LogP) is 4.34. The maximum Gasteiger partial charge on any atom is 0.322 e. The van der Waals surface area contributed by atoms with Crippen LogP contribution in [0.4, 0.5) is 10.5 Å². The molecule has 134 valence electrons. The van der Waals surface area contributed by atoms with Crippen molar-refractivity contribution in [1.29, 1.82) is 0 Å². The van der Waals surface area contributed by atoms with E-state index in [1.165, 1.54) is 11.1 Å². The normalized spacial score (nSPS) is 24.4. The van der Waals surface area contributed by atoms with Crippen LogP contribution in [0.5, 0.6) is 0 Å². The van der Waals surface area contributed by atoms with Crippen molar-refractivity contribution in [2.24, 2.45) is 0 Å². The van der Waals surface area contributed by atoms with Crippen LogP contribution in [0.3, 0.4) is 0 Å². The van der Waals surface area contributed by atoms with Gasteiger partial charge in [0, 0.05) is 29.7 Å². The molecule has 5 heteroatoms. The van der Waals surface area contributed by atoms with Gasteiger partial charge in [0.05, 0.1) is 12.1 Å². The maximum absolute atomic E-state index is 12.8. The Balaban J connectivity index is 1.49. The number of anilines is 1. The highest BCUT2D eigenvalue weighted by Crippen LogP contribution is 2.42. The van der Waals surface area contributed by atoms with Gasteiger partial charge in [0.25, 0.3) is 0 Å². The van der Waals surface area contributed by atoms with E-state index in [-0.39, 0.29) is 18.1 Å². The number of halogens is 1. The molecule has 1 unspecified atom stereocenters. The number of likely N-dealkylation sites (tertiary alicyclic amines) is 1. The average Bonchev–Trinajstić information content (AvgIpc) is 2.64. The lowest BCUT2D eigenvalue weighted by atomic mass is 9.72. The molecule has 0 aromatic heterocycles. The van der Waals surface area contributed by atoms with E-state index >= 15 is 0 Å². The molecule has 2 aliphatic heterocycles. The van der Waals surface area contributed by atoms with Crippen LogP contribution >= 0.6 is 11.6 Å². The SMILES string of the molecule is C/C=C/c1ccc(C2[C@H]3CNC[C@@H]2N3C(=O)Nc2cccc(Cl)c2)cc1. The lowest BCUT2D eigenvalue weighted by Gasteiger charge is -2.59.